The van der Waals surface area contributed by atoms with Crippen LogP contribution in [-0.4, -0.2) is 23.7 Å². The Bertz CT molecular complexity index is 1380. The number of nitrogens with zero attached hydrogens (tertiary/aromatic N) is 2. The number of pyridine rings is 1. The second kappa shape index (κ2) is 11.8. The number of anilines is 2. The van der Waals surface area contributed by atoms with E-state index in [1.54, 1.807) is 42.7 Å². The molecule has 1 fully saturated rings. The number of rotatable bonds is 10. The molecule has 1 heterocycles. The second-order valence-corrected chi connectivity index (χ2v) is 8.92. The third-order valence-electron chi connectivity index (χ3n) is 5.83. The number of nitriles is 1. The van der Waals surface area contributed by atoms with Crippen molar-refractivity contribution in [3.63, 3.8) is 0 Å². The van der Waals surface area contributed by atoms with Gasteiger partial charge in [0, 0.05) is 29.3 Å². The summed E-state index contributed by atoms with van der Waals surface area (Å²) in [6, 6.07) is 18.7. The van der Waals surface area contributed by atoms with Gasteiger partial charge in [0.15, 0.2) is 0 Å². The number of carbonyl (C=O) groups is 1. The van der Waals surface area contributed by atoms with E-state index in [1.165, 1.54) is 12.1 Å². The Morgan fingerprint density at radius 3 is 2.47 bits per heavy atom. The SMILES string of the molecule is C=C(/C=C(\Nc1cccc(C#N)c1)C(=O)Nc1cccc(C(OCC2CC2)c2cccnc2)c1)C(F)(F)F. The average Bonchev–Trinajstić information content (AvgIpc) is 3.73. The van der Waals surface area contributed by atoms with Gasteiger partial charge >= 0.3 is 6.18 Å². The van der Waals surface area contributed by atoms with Gasteiger partial charge in [-0.15, -0.1) is 0 Å². The maximum absolute atomic E-state index is 13.2. The maximum atomic E-state index is 13.2. The van der Waals surface area contributed by atoms with Crippen LogP contribution in [0.3, 0.4) is 0 Å². The second-order valence-electron chi connectivity index (χ2n) is 8.92. The molecule has 1 unspecified atom stereocenters. The summed E-state index contributed by atoms with van der Waals surface area (Å²) in [7, 11) is 0. The molecule has 0 radical (unpaired) electrons. The van der Waals surface area contributed by atoms with Crippen LogP contribution >= 0.6 is 0 Å². The number of allylic oxidation sites excluding steroid dienone is 2. The van der Waals surface area contributed by atoms with Crippen molar-refractivity contribution in [2.24, 2.45) is 5.92 Å². The molecule has 0 aliphatic heterocycles. The molecule has 2 aromatic carbocycles. The maximum Gasteiger partial charge on any atom is 0.415 e. The van der Waals surface area contributed by atoms with E-state index >= 15 is 0 Å². The number of ether oxygens (including phenoxy) is 1. The van der Waals surface area contributed by atoms with Crippen molar-refractivity contribution in [1.82, 2.24) is 4.98 Å². The van der Waals surface area contributed by atoms with Gasteiger partial charge in [-0.05, 0) is 66.8 Å². The number of alkyl halides is 3. The van der Waals surface area contributed by atoms with Crippen LogP contribution in [0.4, 0.5) is 24.5 Å². The molecule has 3 aromatic rings. The Morgan fingerprint density at radius 1 is 1.11 bits per heavy atom. The molecule has 1 saturated carbocycles. The summed E-state index contributed by atoms with van der Waals surface area (Å²) in [5.41, 5.74) is 0.942. The molecule has 1 aromatic heterocycles. The van der Waals surface area contributed by atoms with Crippen LogP contribution in [-0.2, 0) is 9.53 Å². The first-order chi connectivity index (χ1) is 18.2. The van der Waals surface area contributed by atoms with Crippen molar-refractivity contribution in [2.45, 2.75) is 25.1 Å². The van der Waals surface area contributed by atoms with Gasteiger partial charge in [0.1, 0.15) is 11.8 Å². The van der Waals surface area contributed by atoms with Crippen LogP contribution in [0.5, 0.6) is 0 Å². The number of carbonyl (C=O) groups excluding carboxylic acids is 1. The molecule has 0 bridgehead atoms. The lowest BCUT2D eigenvalue weighted by Gasteiger charge is -2.20. The van der Waals surface area contributed by atoms with E-state index in [1.807, 2.05) is 24.3 Å². The van der Waals surface area contributed by atoms with Crippen molar-refractivity contribution < 1.29 is 22.7 Å². The van der Waals surface area contributed by atoms with E-state index < -0.39 is 23.8 Å². The largest absolute Gasteiger partial charge is 0.415 e. The highest BCUT2D eigenvalue weighted by atomic mass is 19.4. The van der Waals surface area contributed by atoms with Gasteiger partial charge in [-0.3, -0.25) is 9.78 Å². The van der Waals surface area contributed by atoms with E-state index in [-0.39, 0.29) is 16.9 Å². The predicted molar refractivity (Wildman–Crippen MR) is 138 cm³/mol. The Labute approximate surface area is 218 Å². The topological polar surface area (TPSA) is 87.0 Å². The van der Waals surface area contributed by atoms with Crippen LogP contribution in [0, 0.1) is 17.2 Å². The van der Waals surface area contributed by atoms with Crippen LogP contribution in [0.1, 0.15) is 35.6 Å². The van der Waals surface area contributed by atoms with Gasteiger partial charge in [-0.1, -0.05) is 30.8 Å². The summed E-state index contributed by atoms with van der Waals surface area (Å²) >= 11 is 0. The predicted octanol–water partition coefficient (Wildman–Crippen LogP) is 6.52. The molecule has 1 atom stereocenters. The number of hydrogen-bond donors (Lipinski definition) is 2. The number of nitrogens with one attached hydrogen (secondary N) is 2. The third-order valence-corrected chi connectivity index (χ3v) is 5.83. The van der Waals surface area contributed by atoms with Crippen LogP contribution in [0.15, 0.2) is 97.0 Å². The third kappa shape index (κ3) is 7.31. The van der Waals surface area contributed by atoms with E-state index in [0.29, 0.717) is 24.3 Å². The molecule has 6 nitrogen and oxygen atoms in total. The van der Waals surface area contributed by atoms with Crippen LogP contribution < -0.4 is 10.6 Å². The molecule has 1 amide bonds. The zero-order valence-corrected chi connectivity index (χ0v) is 20.3. The normalized spacial score (nSPS) is 14.3. The molecular formula is C29H25F3N4O2. The van der Waals surface area contributed by atoms with Crippen LogP contribution in [0.25, 0.3) is 0 Å². The fourth-order valence-electron chi connectivity index (χ4n) is 3.65. The minimum atomic E-state index is -4.72. The zero-order chi connectivity index (χ0) is 27.1. The first-order valence-electron chi connectivity index (χ1n) is 11.9. The fourth-order valence-corrected chi connectivity index (χ4v) is 3.65. The molecule has 1 aliphatic rings. The first kappa shape index (κ1) is 26.6. The fraction of sp³-hybridized carbons (Fsp3) is 0.207. The van der Waals surface area contributed by atoms with E-state index in [9.17, 15) is 18.0 Å². The Morgan fingerprint density at radius 2 is 1.82 bits per heavy atom. The van der Waals surface area contributed by atoms with E-state index in [2.05, 4.69) is 22.2 Å². The highest BCUT2D eigenvalue weighted by Gasteiger charge is 2.31. The van der Waals surface area contributed by atoms with Gasteiger partial charge in [-0.25, -0.2) is 0 Å². The Hall–Kier alpha value is -4.42. The van der Waals surface area contributed by atoms with Gasteiger partial charge < -0.3 is 15.4 Å². The first-order valence-corrected chi connectivity index (χ1v) is 11.9. The highest BCUT2D eigenvalue weighted by Crippen LogP contribution is 2.34. The van der Waals surface area contributed by atoms with Crippen molar-refractivity contribution >= 4 is 17.3 Å². The lowest BCUT2D eigenvalue weighted by Crippen LogP contribution is -2.22. The standard InChI is InChI=1S/C29H25F3N4O2/c1-19(29(30,31)32)13-26(35-24-8-2-5-21(14-24)16-33)28(37)36-25-9-3-6-22(15-25)27(38-18-20-10-11-20)23-7-4-12-34-17-23/h2-9,12-15,17,20,27,35H,1,10-11,18H2,(H,36,37)/b26-13-. The summed E-state index contributed by atoms with van der Waals surface area (Å²) in [4.78, 5) is 17.3. The van der Waals surface area contributed by atoms with Crippen LogP contribution in [0.2, 0.25) is 0 Å². The lowest BCUT2D eigenvalue weighted by atomic mass is 10.0. The number of amides is 1. The monoisotopic (exact) mass is 518 g/mol. The van der Waals surface area contributed by atoms with Gasteiger partial charge in [0.25, 0.3) is 5.91 Å². The van der Waals surface area contributed by atoms with E-state index in [4.69, 9.17) is 10.00 Å². The highest BCUT2D eigenvalue weighted by molar-refractivity contribution is 6.06. The molecule has 0 spiro atoms. The Kier molecular flexibility index (Phi) is 8.24. The zero-order valence-electron chi connectivity index (χ0n) is 20.3. The molecule has 0 saturated heterocycles. The minimum absolute atomic E-state index is 0.277. The number of aromatic nitrogens is 1. The average molecular weight is 519 g/mol. The van der Waals surface area contributed by atoms with Gasteiger partial charge in [0.2, 0.25) is 0 Å². The summed E-state index contributed by atoms with van der Waals surface area (Å²) in [6.45, 7) is 3.64. The summed E-state index contributed by atoms with van der Waals surface area (Å²) in [5.74, 6) is -0.288. The Balaban J connectivity index is 1.59. The molecule has 194 valence electrons. The number of hydrogen-bond acceptors (Lipinski definition) is 5. The van der Waals surface area contributed by atoms with Gasteiger partial charge in [-0.2, -0.15) is 18.4 Å². The summed E-state index contributed by atoms with van der Waals surface area (Å²) < 4.78 is 45.9. The van der Waals surface area contributed by atoms with E-state index in [0.717, 1.165) is 24.0 Å². The molecule has 1 aliphatic carbocycles. The molecule has 4 rings (SSSR count). The smallest absolute Gasteiger partial charge is 0.368 e. The quantitative estimate of drug-likeness (QED) is 0.236. The molecule has 2 N–H and O–H groups in total. The van der Waals surface area contributed by atoms with Gasteiger partial charge in [0.05, 0.1) is 23.8 Å². The number of halogens is 3. The van der Waals surface area contributed by atoms with Crippen molar-refractivity contribution in [2.75, 3.05) is 17.2 Å². The van der Waals surface area contributed by atoms with Crippen molar-refractivity contribution in [1.29, 1.82) is 5.26 Å². The molecule has 38 heavy (non-hydrogen) atoms. The number of benzene rings is 2. The summed E-state index contributed by atoms with van der Waals surface area (Å²) in [5, 5.41) is 14.5. The molecular weight excluding hydrogens is 493 g/mol. The summed E-state index contributed by atoms with van der Waals surface area (Å²) in [6.07, 6.45) is 1.11. The minimum Gasteiger partial charge on any atom is -0.368 e. The van der Waals surface area contributed by atoms with Crippen molar-refractivity contribution in [3.8, 4) is 6.07 Å². The lowest BCUT2D eigenvalue weighted by molar-refractivity contribution is -0.112. The molecule has 9 heteroatoms. The van der Waals surface area contributed by atoms with Crippen molar-refractivity contribution in [3.05, 3.63) is 114 Å².